The number of anilines is 3. The lowest BCUT2D eigenvalue weighted by Gasteiger charge is -2.26. The smallest absolute Gasteiger partial charge is 0.0555 e. The van der Waals surface area contributed by atoms with Gasteiger partial charge in [0.1, 0.15) is 0 Å². The zero-order valence-electron chi connectivity index (χ0n) is 25.5. The van der Waals surface area contributed by atoms with Gasteiger partial charge in [-0.3, -0.25) is 0 Å². The van der Waals surface area contributed by atoms with Gasteiger partial charge in [-0.1, -0.05) is 103 Å². The van der Waals surface area contributed by atoms with Crippen molar-refractivity contribution < 1.29 is 0 Å². The van der Waals surface area contributed by atoms with Crippen LogP contribution in [0.4, 0.5) is 17.1 Å². The Kier molecular flexibility index (Phi) is 5.78. The van der Waals surface area contributed by atoms with Crippen LogP contribution in [0.1, 0.15) is 0 Å². The fraction of sp³-hybridized carbons (Fsp3) is 0. The SMILES string of the molecule is c1ccc(-n2c3ccc(N(c4ccc5ccccc5c4)c4ccc5ccccc5c4)cc3c3c4sc5ccccc5c4ccc32)cc1. The van der Waals surface area contributed by atoms with Crippen molar-refractivity contribution in [2.45, 2.75) is 0 Å². The second-order valence-electron chi connectivity index (χ2n) is 12.2. The zero-order valence-corrected chi connectivity index (χ0v) is 26.3. The summed E-state index contributed by atoms with van der Waals surface area (Å²) in [6.45, 7) is 0. The van der Waals surface area contributed by atoms with Gasteiger partial charge in [0, 0.05) is 53.7 Å². The molecule has 0 saturated heterocycles. The Labute approximate surface area is 276 Å². The van der Waals surface area contributed by atoms with Crippen LogP contribution in [0, 0.1) is 0 Å². The molecule has 220 valence electrons. The van der Waals surface area contributed by atoms with Crippen molar-refractivity contribution in [1.82, 2.24) is 4.57 Å². The van der Waals surface area contributed by atoms with Crippen molar-refractivity contribution in [3.8, 4) is 5.69 Å². The predicted octanol–water partition coefficient (Wildman–Crippen LogP) is 12.9. The molecule has 2 aromatic heterocycles. The number of para-hydroxylation sites is 1. The van der Waals surface area contributed by atoms with Crippen LogP contribution in [0.5, 0.6) is 0 Å². The standard InChI is InChI=1S/C44H28N2S/c1-2-14-33(15-3-1)46-40-24-22-36(28-39(40)43-41(46)25-23-38-37-16-8-9-17-42(37)47-44(38)43)45(34-20-18-29-10-4-6-12-31(29)26-34)35-21-19-30-11-5-7-13-32(30)27-35/h1-28H. The fourth-order valence-electron chi connectivity index (χ4n) is 7.35. The van der Waals surface area contributed by atoms with Gasteiger partial charge in [0.05, 0.1) is 11.0 Å². The van der Waals surface area contributed by atoms with E-state index < -0.39 is 0 Å². The Morgan fingerprint density at radius 2 is 0.979 bits per heavy atom. The zero-order chi connectivity index (χ0) is 30.9. The first kappa shape index (κ1) is 26.3. The Balaban J connectivity index is 1.29. The Bertz CT molecular complexity index is 2730. The molecule has 10 aromatic rings. The molecule has 0 amide bonds. The summed E-state index contributed by atoms with van der Waals surface area (Å²) in [4.78, 5) is 2.41. The molecule has 8 aromatic carbocycles. The van der Waals surface area contributed by atoms with Crippen LogP contribution in [0.25, 0.3) is 69.2 Å². The fourth-order valence-corrected chi connectivity index (χ4v) is 8.61. The lowest BCUT2D eigenvalue weighted by Crippen LogP contribution is -2.10. The maximum Gasteiger partial charge on any atom is 0.0555 e. The summed E-state index contributed by atoms with van der Waals surface area (Å²) in [6.07, 6.45) is 0. The molecule has 0 saturated carbocycles. The second-order valence-corrected chi connectivity index (χ2v) is 13.3. The maximum absolute atomic E-state index is 2.43. The van der Waals surface area contributed by atoms with Crippen LogP contribution >= 0.6 is 11.3 Å². The highest BCUT2D eigenvalue weighted by atomic mass is 32.1. The summed E-state index contributed by atoms with van der Waals surface area (Å²) < 4.78 is 5.08. The van der Waals surface area contributed by atoms with Crippen molar-refractivity contribution in [3.05, 3.63) is 170 Å². The molecule has 0 spiro atoms. The maximum atomic E-state index is 2.43. The lowest BCUT2D eigenvalue weighted by atomic mass is 10.0. The number of rotatable bonds is 4. The summed E-state index contributed by atoms with van der Waals surface area (Å²) in [5.41, 5.74) is 7.01. The van der Waals surface area contributed by atoms with Crippen molar-refractivity contribution in [1.29, 1.82) is 0 Å². The van der Waals surface area contributed by atoms with Crippen LogP contribution in [0.3, 0.4) is 0 Å². The highest BCUT2D eigenvalue weighted by Crippen LogP contribution is 2.45. The minimum Gasteiger partial charge on any atom is -0.310 e. The molecular formula is C44H28N2S. The molecule has 0 fully saturated rings. The number of benzene rings is 8. The van der Waals surface area contributed by atoms with Crippen LogP contribution in [-0.4, -0.2) is 4.57 Å². The summed E-state index contributed by atoms with van der Waals surface area (Å²) in [6, 6.07) is 62.0. The van der Waals surface area contributed by atoms with Crippen molar-refractivity contribution in [3.63, 3.8) is 0 Å². The van der Waals surface area contributed by atoms with E-state index in [0.717, 1.165) is 17.1 Å². The number of nitrogens with zero attached hydrogens (tertiary/aromatic N) is 2. The number of hydrogen-bond acceptors (Lipinski definition) is 2. The average Bonchev–Trinajstić information content (AvgIpc) is 3.67. The third-order valence-corrected chi connectivity index (χ3v) is 10.7. The molecule has 0 aliphatic rings. The van der Waals surface area contributed by atoms with Gasteiger partial charge in [0.15, 0.2) is 0 Å². The van der Waals surface area contributed by atoms with E-state index in [1.807, 2.05) is 11.3 Å². The minimum absolute atomic E-state index is 1.13. The first-order valence-corrected chi connectivity index (χ1v) is 16.8. The lowest BCUT2D eigenvalue weighted by molar-refractivity contribution is 1.18. The van der Waals surface area contributed by atoms with Crippen molar-refractivity contribution in [2.75, 3.05) is 4.90 Å². The molecule has 0 atom stereocenters. The summed E-state index contributed by atoms with van der Waals surface area (Å²) in [7, 11) is 0. The summed E-state index contributed by atoms with van der Waals surface area (Å²) >= 11 is 1.90. The van der Waals surface area contributed by atoms with Gasteiger partial charge in [-0.2, -0.15) is 0 Å². The summed E-state index contributed by atoms with van der Waals surface area (Å²) in [5.74, 6) is 0. The molecule has 0 aliphatic heterocycles. The molecule has 47 heavy (non-hydrogen) atoms. The molecule has 2 heterocycles. The van der Waals surface area contributed by atoms with Crippen molar-refractivity contribution in [2.24, 2.45) is 0 Å². The van der Waals surface area contributed by atoms with Crippen molar-refractivity contribution >= 4 is 91.9 Å². The van der Waals surface area contributed by atoms with Crippen LogP contribution in [0.2, 0.25) is 0 Å². The van der Waals surface area contributed by atoms with Gasteiger partial charge in [0.2, 0.25) is 0 Å². The Morgan fingerprint density at radius 3 is 1.70 bits per heavy atom. The molecule has 0 N–H and O–H groups in total. The van der Waals surface area contributed by atoms with Crippen LogP contribution in [-0.2, 0) is 0 Å². The van der Waals surface area contributed by atoms with Gasteiger partial charge in [-0.25, -0.2) is 0 Å². The van der Waals surface area contributed by atoms with Crippen LogP contribution < -0.4 is 4.90 Å². The second kappa shape index (κ2) is 10.3. The van der Waals surface area contributed by atoms with Gasteiger partial charge in [-0.15, -0.1) is 11.3 Å². The Hall–Kier alpha value is -5.90. The third-order valence-electron chi connectivity index (χ3n) is 9.51. The molecule has 2 nitrogen and oxygen atoms in total. The van der Waals surface area contributed by atoms with Gasteiger partial charge in [-0.05, 0) is 88.3 Å². The predicted molar refractivity (Wildman–Crippen MR) is 203 cm³/mol. The van der Waals surface area contributed by atoms with Crippen LogP contribution in [0.15, 0.2) is 170 Å². The summed E-state index contributed by atoms with van der Waals surface area (Å²) in [5, 5.41) is 10.1. The molecule has 0 radical (unpaired) electrons. The van der Waals surface area contributed by atoms with E-state index in [-0.39, 0.29) is 0 Å². The molecule has 0 bridgehead atoms. The van der Waals surface area contributed by atoms with E-state index in [1.165, 1.54) is 69.2 Å². The normalized spacial score (nSPS) is 11.8. The van der Waals surface area contributed by atoms with Gasteiger partial charge >= 0.3 is 0 Å². The molecule has 0 aliphatic carbocycles. The first-order valence-electron chi connectivity index (χ1n) is 16.0. The highest BCUT2D eigenvalue weighted by molar-refractivity contribution is 7.26. The molecular weight excluding hydrogens is 589 g/mol. The first-order chi connectivity index (χ1) is 23.3. The number of fused-ring (bicyclic) bond motifs is 9. The molecule has 10 rings (SSSR count). The van der Waals surface area contributed by atoms with Gasteiger partial charge in [0.25, 0.3) is 0 Å². The van der Waals surface area contributed by atoms with E-state index >= 15 is 0 Å². The highest BCUT2D eigenvalue weighted by Gasteiger charge is 2.20. The number of thiophene rings is 1. The Morgan fingerprint density at radius 1 is 0.404 bits per heavy atom. The van der Waals surface area contributed by atoms with E-state index in [4.69, 9.17) is 0 Å². The molecule has 3 heteroatoms. The van der Waals surface area contributed by atoms with E-state index in [0.29, 0.717) is 0 Å². The quantitative estimate of drug-likeness (QED) is 0.191. The molecule has 0 unspecified atom stereocenters. The third kappa shape index (κ3) is 4.10. The largest absolute Gasteiger partial charge is 0.310 e. The van der Waals surface area contributed by atoms with E-state index in [1.54, 1.807) is 0 Å². The monoisotopic (exact) mass is 616 g/mol. The van der Waals surface area contributed by atoms with Gasteiger partial charge < -0.3 is 9.47 Å². The van der Waals surface area contributed by atoms with E-state index in [9.17, 15) is 0 Å². The topological polar surface area (TPSA) is 8.17 Å². The number of aromatic nitrogens is 1. The number of hydrogen-bond donors (Lipinski definition) is 0. The minimum atomic E-state index is 1.13. The average molecular weight is 617 g/mol. The van der Waals surface area contributed by atoms with E-state index in [2.05, 4.69) is 179 Å².